The summed E-state index contributed by atoms with van der Waals surface area (Å²) in [5, 5.41) is 0. The van der Waals surface area contributed by atoms with Crippen LogP contribution in [0, 0.1) is 5.41 Å². The van der Waals surface area contributed by atoms with Gasteiger partial charge in [0.05, 0.1) is 0 Å². The van der Waals surface area contributed by atoms with Crippen molar-refractivity contribution in [2.24, 2.45) is 5.41 Å². The lowest BCUT2D eigenvalue weighted by molar-refractivity contribution is 0.487. The molecule has 0 amide bonds. The minimum absolute atomic E-state index is 0.294. The second-order valence-electron chi connectivity index (χ2n) is 5.47. The van der Waals surface area contributed by atoms with Crippen molar-refractivity contribution in [3.63, 3.8) is 0 Å². The normalized spacial score (nSPS) is 31.7. The van der Waals surface area contributed by atoms with E-state index in [1.54, 1.807) is 5.57 Å². The fourth-order valence-electron chi connectivity index (χ4n) is 1.81. The van der Waals surface area contributed by atoms with Gasteiger partial charge in [0.1, 0.15) is 0 Å². The van der Waals surface area contributed by atoms with Crippen LogP contribution in [0.5, 0.6) is 0 Å². The van der Waals surface area contributed by atoms with Crippen molar-refractivity contribution >= 4 is 0 Å². The summed E-state index contributed by atoms with van der Waals surface area (Å²) in [5.41, 5.74) is 3.34. The van der Waals surface area contributed by atoms with E-state index in [1.165, 1.54) is 24.8 Å². The molecule has 0 aromatic heterocycles. The molecule has 0 saturated carbocycles. The molecule has 0 bridgehead atoms. The van der Waals surface area contributed by atoms with Crippen LogP contribution in [0.25, 0.3) is 0 Å². The first kappa shape index (κ1) is 12.3. The highest BCUT2D eigenvalue weighted by atomic mass is 14.2. The first-order valence-corrected chi connectivity index (χ1v) is 6.00. The van der Waals surface area contributed by atoms with Gasteiger partial charge in [0.15, 0.2) is 0 Å². The van der Waals surface area contributed by atoms with E-state index in [2.05, 4.69) is 52.0 Å². The Labute approximate surface area is 94.8 Å². The summed E-state index contributed by atoms with van der Waals surface area (Å²) >= 11 is 0. The Balaban J connectivity index is 2.80. The molecule has 15 heavy (non-hydrogen) atoms. The summed E-state index contributed by atoms with van der Waals surface area (Å²) in [6.07, 6.45) is 14.2. The summed E-state index contributed by atoms with van der Waals surface area (Å²) in [5.74, 6) is 0. The summed E-state index contributed by atoms with van der Waals surface area (Å²) in [6.45, 7) is 9.09. The summed E-state index contributed by atoms with van der Waals surface area (Å²) in [7, 11) is 0. The topological polar surface area (TPSA) is 0 Å². The van der Waals surface area contributed by atoms with E-state index in [0.717, 1.165) is 6.42 Å². The Morgan fingerprint density at radius 1 is 1.07 bits per heavy atom. The van der Waals surface area contributed by atoms with Gasteiger partial charge in [0.2, 0.25) is 0 Å². The number of rotatable bonds is 0. The highest BCUT2D eigenvalue weighted by molar-refractivity contribution is 5.15. The molecule has 0 unspecified atom stereocenters. The average molecular weight is 204 g/mol. The summed E-state index contributed by atoms with van der Waals surface area (Å²) in [6, 6.07) is 0. The van der Waals surface area contributed by atoms with Gasteiger partial charge >= 0.3 is 0 Å². The van der Waals surface area contributed by atoms with Gasteiger partial charge in [0.25, 0.3) is 0 Å². The number of hydrogen-bond acceptors (Lipinski definition) is 0. The van der Waals surface area contributed by atoms with Crippen LogP contribution in [0.15, 0.2) is 35.5 Å². The number of hydrogen-bond donors (Lipinski definition) is 0. The SMILES string of the molecule is C/C1=C\C=C/C(C)(C)C/C=C(\C)CCC1. The maximum absolute atomic E-state index is 2.41. The molecule has 0 aliphatic heterocycles. The zero-order valence-corrected chi connectivity index (χ0v) is 10.6. The predicted octanol–water partition coefficient (Wildman–Crippen LogP) is 5.04. The Kier molecular flexibility index (Phi) is 4.38. The van der Waals surface area contributed by atoms with Crippen LogP contribution >= 0.6 is 0 Å². The zero-order valence-electron chi connectivity index (χ0n) is 10.6. The van der Waals surface area contributed by atoms with E-state index in [9.17, 15) is 0 Å². The van der Waals surface area contributed by atoms with Gasteiger partial charge in [0, 0.05) is 0 Å². The smallest absolute Gasteiger partial charge is 0.0137 e. The van der Waals surface area contributed by atoms with Gasteiger partial charge in [-0.25, -0.2) is 0 Å². The average Bonchev–Trinajstić information content (AvgIpc) is 2.15. The van der Waals surface area contributed by atoms with Crippen LogP contribution in [-0.4, -0.2) is 0 Å². The van der Waals surface area contributed by atoms with Crippen molar-refractivity contribution in [2.75, 3.05) is 0 Å². The van der Waals surface area contributed by atoms with Crippen molar-refractivity contribution in [3.05, 3.63) is 35.5 Å². The van der Waals surface area contributed by atoms with Crippen LogP contribution in [0.3, 0.4) is 0 Å². The first-order valence-electron chi connectivity index (χ1n) is 6.00. The molecular weight excluding hydrogens is 180 g/mol. The molecular formula is C15H24. The van der Waals surface area contributed by atoms with E-state index in [0.29, 0.717) is 5.41 Å². The largest absolute Gasteiger partial charge is 0.0848 e. The summed E-state index contributed by atoms with van der Waals surface area (Å²) in [4.78, 5) is 0. The van der Waals surface area contributed by atoms with E-state index in [-0.39, 0.29) is 0 Å². The van der Waals surface area contributed by atoms with Crippen LogP contribution < -0.4 is 0 Å². The lowest BCUT2D eigenvalue weighted by Gasteiger charge is -2.17. The molecule has 1 aliphatic rings. The molecule has 0 N–H and O–H groups in total. The van der Waals surface area contributed by atoms with Crippen LogP contribution in [-0.2, 0) is 0 Å². The standard InChI is InChI=1S/C15H24/c1-13-7-5-8-14(2)10-12-15(3,4)11-6-9-13/h6,9-11H,5,7-8,12H2,1-4H3/b11-6-,13-9+,14-10+. The van der Waals surface area contributed by atoms with Crippen molar-refractivity contribution < 1.29 is 0 Å². The minimum Gasteiger partial charge on any atom is -0.0848 e. The van der Waals surface area contributed by atoms with Crippen LogP contribution in [0.2, 0.25) is 0 Å². The monoisotopic (exact) mass is 204 g/mol. The van der Waals surface area contributed by atoms with Crippen molar-refractivity contribution in [1.82, 2.24) is 0 Å². The predicted molar refractivity (Wildman–Crippen MR) is 68.9 cm³/mol. The molecule has 0 heterocycles. The molecule has 0 atom stereocenters. The highest BCUT2D eigenvalue weighted by Crippen LogP contribution is 2.25. The van der Waals surface area contributed by atoms with Gasteiger partial charge in [-0.1, -0.05) is 49.3 Å². The van der Waals surface area contributed by atoms with Gasteiger partial charge in [-0.15, -0.1) is 0 Å². The fourth-order valence-corrected chi connectivity index (χ4v) is 1.81. The fraction of sp³-hybridized carbons (Fsp3) is 0.600. The molecule has 0 aromatic carbocycles. The highest BCUT2D eigenvalue weighted by Gasteiger charge is 2.11. The van der Waals surface area contributed by atoms with Crippen molar-refractivity contribution in [2.45, 2.75) is 53.4 Å². The van der Waals surface area contributed by atoms with Gasteiger partial charge in [-0.2, -0.15) is 0 Å². The van der Waals surface area contributed by atoms with Crippen molar-refractivity contribution in [1.29, 1.82) is 0 Å². The third-order valence-corrected chi connectivity index (χ3v) is 3.05. The third-order valence-electron chi connectivity index (χ3n) is 3.05. The van der Waals surface area contributed by atoms with Gasteiger partial charge in [-0.05, 0) is 44.9 Å². The lowest BCUT2D eigenvalue weighted by atomic mass is 9.88. The van der Waals surface area contributed by atoms with Crippen LogP contribution in [0.4, 0.5) is 0 Å². The summed E-state index contributed by atoms with van der Waals surface area (Å²) < 4.78 is 0. The van der Waals surface area contributed by atoms with E-state index >= 15 is 0 Å². The molecule has 1 aliphatic carbocycles. The minimum atomic E-state index is 0.294. The second-order valence-corrected chi connectivity index (χ2v) is 5.47. The molecule has 0 saturated heterocycles. The molecule has 0 nitrogen and oxygen atoms in total. The van der Waals surface area contributed by atoms with E-state index in [1.807, 2.05) is 0 Å². The second kappa shape index (κ2) is 5.34. The molecule has 0 aromatic rings. The molecule has 0 heteroatoms. The zero-order chi connectivity index (χ0) is 11.3. The quantitative estimate of drug-likeness (QED) is 0.485. The first-order chi connectivity index (χ1) is 6.99. The molecule has 84 valence electrons. The Morgan fingerprint density at radius 2 is 1.73 bits per heavy atom. The maximum atomic E-state index is 2.41. The van der Waals surface area contributed by atoms with Crippen LogP contribution in [0.1, 0.15) is 53.4 Å². The van der Waals surface area contributed by atoms with Crippen molar-refractivity contribution in [3.8, 4) is 0 Å². The Hall–Kier alpha value is -0.780. The Bertz CT molecular complexity index is 287. The van der Waals surface area contributed by atoms with Gasteiger partial charge < -0.3 is 0 Å². The van der Waals surface area contributed by atoms with Gasteiger partial charge in [-0.3, -0.25) is 0 Å². The molecule has 0 fully saturated rings. The number of allylic oxidation sites excluding steroid dienone is 6. The lowest BCUT2D eigenvalue weighted by Crippen LogP contribution is -2.05. The van der Waals surface area contributed by atoms with E-state index in [4.69, 9.17) is 0 Å². The molecule has 0 radical (unpaired) electrons. The molecule has 1 rings (SSSR count). The molecule has 0 spiro atoms. The third kappa shape index (κ3) is 5.01. The maximum Gasteiger partial charge on any atom is -0.0137 e. The Morgan fingerprint density at radius 3 is 2.47 bits per heavy atom. The van der Waals surface area contributed by atoms with E-state index < -0.39 is 0 Å².